The number of rotatable bonds is 4. The van der Waals surface area contributed by atoms with E-state index in [0.29, 0.717) is 17.3 Å². The molecule has 0 N–H and O–H groups in total. The van der Waals surface area contributed by atoms with Gasteiger partial charge < -0.3 is 4.79 Å². The molecule has 1 aliphatic heterocycles. The fourth-order valence-electron chi connectivity index (χ4n) is 2.12. The van der Waals surface area contributed by atoms with E-state index in [-0.39, 0.29) is 5.92 Å². The van der Waals surface area contributed by atoms with Crippen LogP contribution in [0, 0.1) is 5.92 Å². The molecule has 1 fully saturated rings. The van der Waals surface area contributed by atoms with Crippen LogP contribution in [-0.2, 0) is 21.2 Å². The molecule has 1 atom stereocenters. The molecule has 0 aliphatic carbocycles. The fourth-order valence-corrected chi connectivity index (χ4v) is 5.10. The van der Waals surface area contributed by atoms with E-state index in [0.717, 1.165) is 30.4 Å². The van der Waals surface area contributed by atoms with Gasteiger partial charge in [0.25, 0.3) is 10.0 Å². The Labute approximate surface area is 112 Å². The Hall–Kier alpha value is -0.720. The maximum absolute atomic E-state index is 12.4. The van der Waals surface area contributed by atoms with Gasteiger partial charge >= 0.3 is 0 Å². The van der Waals surface area contributed by atoms with E-state index >= 15 is 0 Å². The highest BCUT2D eigenvalue weighted by atomic mass is 32.2. The third kappa shape index (κ3) is 2.65. The smallest absolute Gasteiger partial charge is 0.252 e. The molecule has 2 heterocycles. The Morgan fingerprint density at radius 2 is 2.28 bits per heavy atom. The van der Waals surface area contributed by atoms with E-state index in [1.165, 1.54) is 15.6 Å². The van der Waals surface area contributed by atoms with Crippen LogP contribution >= 0.6 is 11.3 Å². The molecular weight excluding hydrogens is 270 g/mol. The Kier molecular flexibility index (Phi) is 4.19. The first-order valence-corrected chi connectivity index (χ1v) is 8.37. The molecule has 1 saturated heterocycles. The number of nitrogens with zero attached hydrogens (tertiary/aromatic N) is 1. The summed E-state index contributed by atoms with van der Waals surface area (Å²) in [4.78, 5) is 11.9. The average molecular weight is 287 g/mol. The van der Waals surface area contributed by atoms with Gasteiger partial charge in [0.2, 0.25) is 0 Å². The number of hydrogen-bond donors (Lipinski definition) is 0. The molecule has 100 valence electrons. The first kappa shape index (κ1) is 13.7. The number of thiophene rings is 1. The molecule has 1 aromatic rings. The van der Waals surface area contributed by atoms with Crippen molar-refractivity contribution in [2.24, 2.45) is 5.92 Å². The molecule has 4 nitrogen and oxygen atoms in total. The summed E-state index contributed by atoms with van der Waals surface area (Å²) in [5, 5.41) is 0. The molecule has 0 spiro atoms. The van der Waals surface area contributed by atoms with E-state index in [9.17, 15) is 13.2 Å². The summed E-state index contributed by atoms with van der Waals surface area (Å²) in [6, 6.07) is 3.53. The van der Waals surface area contributed by atoms with Crippen LogP contribution in [0.1, 0.15) is 24.6 Å². The lowest BCUT2D eigenvalue weighted by Gasteiger charge is -2.28. The fraction of sp³-hybridized carbons (Fsp3) is 0.583. The molecule has 1 aromatic heterocycles. The Morgan fingerprint density at radius 3 is 2.89 bits per heavy atom. The van der Waals surface area contributed by atoms with E-state index in [1.807, 2.05) is 13.0 Å². The minimum Gasteiger partial charge on any atom is -0.303 e. The number of sulfonamides is 1. The zero-order chi connectivity index (χ0) is 13.2. The lowest BCUT2D eigenvalue weighted by atomic mass is 10.0. The van der Waals surface area contributed by atoms with Crippen LogP contribution in [0.15, 0.2) is 16.3 Å². The summed E-state index contributed by atoms with van der Waals surface area (Å²) in [6.45, 7) is 2.85. The third-order valence-corrected chi connectivity index (χ3v) is 6.75. The van der Waals surface area contributed by atoms with E-state index < -0.39 is 10.0 Å². The van der Waals surface area contributed by atoms with Crippen molar-refractivity contribution < 1.29 is 13.2 Å². The van der Waals surface area contributed by atoms with Crippen LogP contribution in [0.2, 0.25) is 0 Å². The SMILES string of the molecule is CCc1ccc(S(=O)(=O)N2CCCC(C=O)C2)s1. The van der Waals surface area contributed by atoms with E-state index in [1.54, 1.807) is 6.07 Å². The topological polar surface area (TPSA) is 54.5 Å². The van der Waals surface area contributed by atoms with Crippen LogP contribution in [0.4, 0.5) is 0 Å². The highest BCUT2D eigenvalue weighted by molar-refractivity contribution is 7.91. The third-order valence-electron chi connectivity index (χ3n) is 3.19. The van der Waals surface area contributed by atoms with Crippen LogP contribution in [0.25, 0.3) is 0 Å². The zero-order valence-corrected chi connectivity index (χ0v) is 12.0. The van der Waals surface area contributed by atoms with Crippen LogP contribution < -0.4 is 0 Å². The molecule has 2 rings (SSSR count). The summed E-state index contributed by atoms with van der Waals surface area (Å²) in [5.74, 6) is -0.154. The van der Waals surface area contributed by atoms with Gasteiger partial charge in [-0.3, -0.25) is 0 Å². The average Bonchev–Trinajstić information content (AvgIpc) is 2.88. The lowest BCUT2D eigenvalue weighted by molar-refractivity contribution is -0.112. The van der Waals surface area contributed by atoms with Crippen molar-refractivity contribution in [1.82, 2.24) is 4.31 Å². The van der Waals surface area contributed by atoms with Gasteiger partial charge in [-0.15, -0.1) is 11.3 Å². The molecule has 0 radical (unpaired) electrons. The van der Waals surface area contributed by atoms with Crippen LogP contribution in [0.3, 0.4) is 0 Å². The summed E-state index contributed by atoms with van der Waals surface area (Å²) >= 11 is 1.32. The van der Waals surface area contributed by atoms with Crippen molar-refractivity contribution in [3.63, 3.8) is 0 Å². The Bertz CT molecular complexity index is 521. The normalized spacial score (nSPS) is 21.9. The number of aldehydes is 1. The molecule has 0 aromatic carbocycles. The Morgan fingerprint density at radius 1 is 1.50 bits per heavy atom. The Balaban J connectivity index is 2.22. The van der Waals surface area contributed by atoms with Gasteiger partial charge in [0, 0.05) is 23.9 Å². The molecular formula is C12H17NO3S2. The van der Waals surface area contributed by atoms with E-state index in [2.05, 4.69) is 0 Å². The quantitative estimate of drug-likeness (QED) is 0.795. The van der Waals surface area contributed by atoms with Crippen molar-refractivity contribution in [2.45, 2.75) is 30.4 Å². The van der Waals surface area contributed by atoms with Crippen LogP contribution in [-0.4, -0.2) is 32.1 Å². The van der Waals surface area contributed by atoms with Crippen molar-refractivity contribution in [1.29, 1.82) is 0 Å². The van der Waals surface area contributed by atoms with Gasteiger partial charge in [0.15, 0.2) is 0 Å². The van der Waals surface area contributed by atoms with Crippen molar-refractivity contribution in [3.8, 4) is 0 Å². The van der Waals surface area contributed by atoms with Gasteiger partial charge in [-0.2, -0.15) is 4.31 Å². The predicted molar refractivity (Wildman–Crippen MR) is 71.2 cm³/mol. The number of aryl methyl sites for hydroxylation is 1. The predicted octanol–water partition coefficient (Wildman–Crippen LogP) is 1.91. The van der Waals surface area contributed by atoms with Crippen molar-refractivity contribution in [2.75, 3.05) is 13.1 Å². The standard InChI is InChI=1S/C12H17NO3S2/c1-2-11-5-6-12(17-11)18(15,16)13-7-3-4-10(8-13)9-14/h5-6,9-10H,2-4,7-8H2,1H3. The molecule has 0 bridgehead atoms. The largest absolute Gasteiger partial charge is 0.303 e. The number of carbonyl (C=O) groups excluding carboxylic acids is 1. The van der Waals surface area contributed by atoms with Gasteiger partial charge in [-0.25, -0.2) is 8.42 Å². The van der Waals surface area contributed by atoms with E-state index in [4.69, 9.17) is 0 Å². The molecule has 6 heteroatoms. The number of piperidine rings is 1. The molecule has 1 unspecified atom stereocenters. The molecule has 1 aliphatic rings. The van der Waals surface area contributed by atoms with Gasteiger partial charge in [0.05, 0.1) is 0 Å². The van der Waals surface area contributed by atoms with Crippen molar-refractivity contribution >= 4 is 27.6 Å². The highest BCUT2D eigenvalue weighted by Crippen LogP contribution is 2.28. The minimum atomic E-state index is -3.40. The first-order chi connectivity index (χ1) is 8.57. The molecule has 18 heavy (non-hydrogen) atoms. The number of hydrogen-bond acceptors (Lipinski definition) is 4. The number of carbonyl (C=O) groups is 1. The summed E-state index contributed by atoms with van der Waals surface area (Å²) in [6.07, 6.45) is 3.26. The molecule has 0 saturated carbocycles. The van der Waals surface area contributed by atoms with Crippen molar-refractivity contribution in [3.05, 3.63) is 17.0 Å². The molecule has 0 amide bonds. The first-order valence-electron chi connectivity index (χ1n) is 6.12. The second kappa shape index (κ2) is 5.50. The summed E-state index contributed by atoms with van der Waals surface area (Å²) in [5.41, 5.74) is 0. The van der Waals surface area contributed by atoms with Gasteiger partial charge in [-0.1, -0.05) is 6.92 Å². The summed E-state index contributed by atoms with van der Waals surface area (Å²) < 4.78 is 26.6. The second-order valence-electron chi connectivity index (χ2n) is 4.48. The monoisotopic (exact) mass is 287 g/mol. The zero-order valence-electron chi connectivity index (χ0n) is 10.3. The minimum absolute atomic E-state index is 0.154. The lowest BCUT2D eigenvalue weighted by Crippen LogP contribution is -2.40. The summed E-state index contributed by atoms with van der Waals surface area (Å²) in [7, 11) is -3.40. The maximum atomic E-state index is 12.4. The van der Waals surface area contributed by atoms with Crippen LogP contribution in [0.5, 0.6) is 0 Å². The van der Waals surface area contributed by atoms with Gasteiger partial charge in [-0.05, 0) is 31.4 Å². The second-order valence-corrected chi connectivity index (χ2v) is 7.81. The van der Waals surface area contributed by atoms with Gasteiger partial charge in [0.1, 0.15) is 10.5 Å². The maximum Gasteiger partial charge on any atom is 0.252 e. The highest BCUT2D eigenvalue weighted by Gasteiger charge is 2.30.